The lowest BCUT2D eigenvalue weighted by Gasteiger charge is -2.25. The molecule has 2 rings (SSSR count). The van der Waals surface area contributed by atoms with Gasteiger partial charge in [-0.15, -0.1) is 11.3 Å². The molecule has 26 heavy (non-hydrogen) atoms. The second-order valence-electron chi connectivity index (χ2n) is 6.01. The lowest BCUT2D eigenvalue weighted by Crippen LogP contribution is -2.38. The van der Waals surface area contributed by atoms with Gasteiger partial charge in [0.2, 0.25) is 0 Å². The standard InChI is InChI=1S/C17H22ClN3O3S2/c1-12(13-5-7-14(18)8-6-13)21(4)17(22)19-11-15-9-10-16(25-15)26(23,24)20(2)3/h5-10,12H,11H2,1-4H3,(H,19,22). The number of benzene rings is 1. The van der Waals surface area contributed by atoms with Gasteiger partial charge in [-0.25, -0.2) is 17.5 Å². The van der Waals surface area contributed by atoms with E-state index in [4.69, 9.17) is 11.6 Å². The van der Waals surface area contributed by atoms with Crippen LogP contribution in [0.2, 0.25) is 5.02 Å². The summed E-state index contributed by atoms with van der Waals surface area (Å²) in [4.78, 5) is 14.7. The SMILES string of the molecule is CC(c1ccc(Cl)cc1)N(C)C(=O)NCc1ccc(S(=O)(=O)N(C)C)s1. The fourth-order valence-electron chi connectivity index (χ4n) is 2.20. The van der Waals surface area contributed by atoms with Crippen LogP contribution in [0.1, 0.15) is 23.4 Å². The molecule has 1 aromatic carbocycles. The van der Waals surface area contributed by atoms with Gasteiger partial charge < -0.3 is 10.2 Å². The number of rotatable bonds is 6. The van der Waals surface area contributed by atoms with Crippen LogP contribution >= 0.6 is 22.9 Å². The van der Waals surface area contributed by atoms with Crippen molar-refractivity contribution in [3.8, 4) is 0 Å². The Balaban J connectivity index is 1.98. The number of nitrogens with zero attached hydrogens (tertiary/aromatic N) is 2. The molecule has 1 heterocycles. The first-order valence-corrected chi connectivity index (χ1v) is 10.5. The third kappa shape index (κ3) is 4.76. The molecule has 0 aliphatic rings. The molecule has 142 valence electrons. The maximum absolute atomic E-state index is 12.4. The minimum absolute atomic E-state index is 0.125. The molecule has 0 spiro atoms. The van der Waals surface area contributed by atoms with E-state index in [9.17, 15) is 13.2 Å². The van der Waals surface area contributed by atoms with Gasteiger partial charge in [0, 0.05) is 31.0 Å². The fourth-order valence-corrected chi connectivity index (χ4v) is 4.79. The molecule has 0 radical (unpaired) electrons. The number of amides is 2. The Hall–Kier alpha value is -1.61. The average molecular weight is 416 g/mol. The van der Waals surface area contributed by atoms with Gasteiger partial charge in [-0.05, 0) is 36.8 Å². The van der Waals surface area contributed by atoms with Crippen molar-refractivity contribution in [2.75, 3.05) is 21.1 Å². The van der Waals surface area contributed by atoms with Gasteiger partial charge in [0.05, 0.1) is 12.6 Å². The van der Waals surface area contributed by atoms with Gasteiger partial charge in [0.15, 0.2) is 0 Å². The van der Waals surface area contributed by atoms with Crippen molar-refractivity contribution in [1.29, 1.82) is 0 Å². The third-order valence-electron chi connectivity index (χ3n) is 4.04. The molecule has 0 fully saturated rings. The maximum Gasteiger partial charge on any atom is 0.317 e. The summed E-state index contributed by atoms with van der Waals surface area (Å²) in [6.07, 6.45) is 0. The van der Waals surface area contributed by atoms with Gasteiger partial charge in [-0.2, -0.15) is 0 Å². The predicted octanol–water partition coefficient (Wildman–Crippen LogP) is 3.55. The number of carbonyl (C=O) groups excluding carboxylic acids is 1. The molecule has 0 saturated heterocycles. The Kier molecular flexibility index (Phi) is 6.68. The summed E-state index contributed by atoms with van der Waals surface area (Å²) in [5.41, 5.74) is 0.975. The van der Waals surface area contributed by atoms with Crippen molar-refractivity contribution >= 4 is 39.0 Å². The highest BCUT2D eigenvalue weighted by atomic mass is 35.5. The molecule has 0 saturated carbocycles. The minimum atomic E-state index is -3.45. The van der Waals surface area contributed by atoms with Crippen LogP contribution in [-0.2, 0) is 16.6 Å². The van der Waals surface area contributed by atoms with Crippen molar-refractivity contribution in [3.05, 3.63) is 51.9 Å². The van der Waals surface area contributed by atoms with Crippen LogP contribution in [0, 0.1) is 0 Å². The Labute approximate surface area is 163 Å². The Morgan fingerprint density at radius 1 is 1.15 bits per heavy atom. The zero-order chi connectivity index (χ0) is 19.5. The van der Waals surface area contributed by atoms with Crippen molar-refractivity contribution < 1.29 is 13.2 Å². The monoisotopic (exact) mass is 415 g/mol. The number of thiophene rings is 1. The van der Waals surface area contributed by atoms with Crippen molar-refractivity contribution in [3.63, 3.8) is 0 Å². The molecule has 2 aromatic rings. The van der Waals surface area contributed by atoms with E-state index in [1.54, 1.807) is 36.2 Å². The van der Waals surface area contributed by atoms with E-state index < -0.39 is 10.0 Å². The Morgan fingerprint density at radius 2 is 1.77 bits per heavy atom. The first-order chi connectivity index (χ1) is 12.1. The van der Waals surface area contributed by atoms with Crippen molar-refractivity contribution in [2.45, 2.75) is 23.7 Å². The zero-order valence-corrected chi connectivity index (χ0v) is 17.5. The number of halogens is 1. The highest BCUT2D eigenvalue weighted by Gasteiger charge is 2.20. The number of urea groups is 1. The van der Waals surface area contributed by atoms with E-state index in [1.165, 1.54) is 18.4 Å². The lowest BCUT2D eigenvalue weighted by atomic mass is 10.1. The van der Waals surface area contributed by atoms with Crippen LogP contribution in [0.4, 0.5) is 4.79 Å². The lowest BCUT2D eigenvalue weighted by molar-refractivity contribution is 0.194. The van der Waals surface area contributed by atoms with E-state index in [-0.39, 0.29) is 22.8 Å². The van der Waals surface area contributed by atoms with Crippen LogP contribution in [0.25, 0.3) is 0 Å². The van der Waals surface area contributed by atoms with Gasteiger partial charge in [-0.3, -0.25) is 0 Å². The van der Waals surface area contributed by atoms with Crippen LogP contribution in [0.15, 0.2) is 40.6 Å². The molecular weight excluding hydrogens is 394 g/mol. The van der Waals surface area contributed by atoms with Gasteiger partial charge in [-0.1, -0.05) is 23.7 Å². The largest absolute Gasteiger partial charge is 0.333 e. The van der Waals surface area contributed by atoms with Crippen LogP contribution in [-0.4, -0.2) is 44.8 Å². The van der Waals surface area contributed by atoms with Crippen molar-refractivity contribution in [1.82, 2.24) is 14.5 Å². The van der Waals surface area contributed by atoms with E-state index in [1.807, 2.05) is 19.1 Å². The highest BCUT2D eigenvalue weighted by molar-refractivity contribution is 7.91. The third-order valence-corrected chi connectivity index (χ3v) is 7.66. The predicted molar refractivity (Wildman–Crippen MR) is 105 cm³/mol. The highest BCUT2D eigenvalue weighted by Crippen LogP contribution is 2.24. The molecule has 0 aliphatic heterocycles. The average Bonchev–Trinajstić information content (AvgIpc) is 3.08. The number of hydrogen-bond acceptors (Lipinski definition) is 4. The molecular formula is C17H22ClN3O3S2. The summed E-state index contributed by atoms with van der Waals surface area (Å²) >= 11 is 7.04. The summed E-state index contributed by atoms with van der Waals surface area (Å²) < 4.78 is 25.6. The maximum atomic E-state index is 12.4. The van der Waals surface area contributed by atoms with Crippen LogP contribution in [0.5, 0.6) is 0 Å². The number of sulfonamides is 1. The molecule has 6 nitrogen and oxygen atoms in total. The zero-order valence-electron chi connectivity index (χ0n) is 15.1. The smallest absolute Gasteiger partial charge is 0.317 e. The fraction of sp³-hybridized carbons (Fsp3) is 0.353. The van der Waals surface area contributed by atoms with Gasteiger partial charge in [0.25, 0.3) is 10.0 Å². The van der Waals surface area contributed by atoms with E-state index in [0.29, 0.717) is 5.02 Å². The summed E-state index contributed by atoms with van der Waals surface area (Å²) in [6.45, 7) is 2.19. The van der Waals surface area contributed by atoms with Crippen LogP contribution < -0.4 is 5.32 Å². The summed E-state index contributed by atoms with van der Waals surface area (Å²) in [5, 5.41) is 3.47. The Bertz CT molecular complexity index is 864. The second-order valence-corrected chi connectivity index (χ2v) is 9.99. The van der Waals surface area contributed by atoms with Crippen LogP contribution in [0.3, 0.4) is 0 Å². The number of hydrogen-bond donors (Lipinski definition) is 1. The number of nitrogens with one attached hydrogen (secondary N) is 1. The quantitative estimate of drug-likeness (QED) is 0.784. The Morgan fingerprint density at radius 3 is 2.35 bits per heavy atom. The summed E-state index contributed by atoms with van der Waals surface area (Å²) in [6, 6.07) is 10.3. The first kappa shape index (κ1) is 20.7. The normalized spacial score (nSPS) is 12.8. The molecule has 2 amide bonds. The summed E-state index contributed by atoms with van der Waals surface area (Å²) in [7, 11) is 1.25. The van der Waals surface area contributed by atoms with E-state index >= 15 is 0 Å². The molecule has 1 aromatic heterocycles. The molecule has 1 N–H and O–H groups in total. The molecule has 1 atom stereocenters. The number of carbonyl (C=O) groups is 1. The summed E-state index contributed by atoms with van der Waals surface area (Å²) in [5.74, 6) is 0. The molecule has 1 unspecified atom stereocenters. The van der Waals surface area contributed by atoms with Gasteiger partial charge >= 0.3 is 6.03 Å². The first-order valence-electron chi connectivity index (χ1n) is 7.90. The molecule has 9 heteroatoms. The van der Waals surface area contributed by atoms with E-state index in [0.717, 1.165) is 21.8 Å². The second kappa shape index (κ2) is 8.39. The van der Waals surface area contributed by atoms with Crippen molar-refractivity contribution in [2.24, 2.45) is 0 Å². The van der Waals surface area contributed by atoms with Gasteiger partial charge in [0.1, 0.15) is 4.21 Å². The molecule has 0 bridgehead atoms. The van der Waals surface area contributed by atoms with E-state index in [2.05, 4.69) is 5.32 Å². The molecule has 0 aliphatic carbocycles. The topological polar surface area (TPSA) is 69.7 Å². The minimum Gasteiger partial charge on any atom is -0.333 e.